The summed E-state index contributed by atoms with van der Waals surface area (Å²) in [4.78, 5) is 19.1. The van der Waals surface area contributed by atoms with Gasteiger partial charge in [-0.2, -0.15) is 0 Å². The van der Waals surface area contributed by atoms with Gasteiger partial charge in [0.2, 0.25) is 5.91 Å². The van der Waals surface area contributed by atoms with Gasteiger partial charge in [-0.25, -0.2) is 0 Å². The second-order valence-electron chi connectivity index (χ2n) is 7.75. The van der Waals surface area contributed by atoms with Crippen molar-refractivity contribution < 1.29 is 9.53 Å². The van der Waals surface area contributed by atoms with Gasteiger partial charge in [0.15, 0.2) is 5.96 Å². The molecule has 0 spiro atoms. The fraction of sp³-hybridized carbons (Fsp3) is 0.333. The summed E-state index contributed by atoms with van der Waals surface area (Å²) in [5, 5.41) is 10.8. The number of aromatic amines is 1. The Morgan fingerprint density at radius 2 is 2.00 bits per heavy atom. The lowest BCUT2D eigenvalue weighted by atomic mass is 10.0. The molecule has 1 aliphatic rings. The van der Waals surface area contributed by atoms with Gasteiger partial charge < -0.3 is 25.7 Å². The van der Waals surface area contributed by atoms with E-state index < -0.39 is 0 Å². The first-order chi connectivity index (χ1) is 15.1. The van der Waals surface area contributed by atoms with Crippen LogP contribution in [0, 0.1) is 6.92 Å². The van der Waals surface area contributed by atoms with Gasteiger partial charge in [0.25, 0.3) is 0 Å². The molecule has 7 heteroatoms. The highest BCUT2D eigenvalue weighted by molar-refractivity contribution is 5.94. The van der Waals surface area contributed by atoms with Crippen LogP contribution in [-0.2, 0) is 17.6 Å². The van der Waals surface area contributed by atoms with E-state index in [1.165, 1.54) is 22.0 Å². The molecule has 1 aliphatic heterocycles. The van der Waals surface area contributed by atoms with E-state index in [0.717, 1.165) is 42.3 Å². The van der Waals surface area contributed by atoms with Crippen LogP contribution < -0.4 is 20.7 Å². The van der Waals surface area contributed by atoms with Crippen molar-refractivity contribution in [2.45, 2.75) is 26.2 Å². The third-order valence-electron chi connectivity index (χ3n) is 5.47. The minimum Gasteiger partial charge on any atom is -0.492 e. The van der Waals surface area contributed by atoms with E-state index in [1.54, 1.807) is 7.05 Å². The third kappa shape index (κ3) is 5.17. The molecule has 2 aromatic carbocycles. The molecule has 0 saturated carbocycles. The fourth-order valence-electron chi connectivity index (χ4n) is 3.83. The maximum absolute atomic E-state index is 11.5. The largest absolute Gasteiger partial charge is 0.492 e. The number of amides is 1. The number of aryl methyl sites for hydroxylation is 2. The summed E-state index contributed by atoms with van der Waals surface area (Å²) in [5.41, 5.74) is 5.74. The van der Waals surface area contributed by atoms with Crippen molar-refractivity contribution in [2.24, 2.45) is 4.99 Å². The molecule has 1 aromatic heterocycles. The molecule has 162 valence electrons. The number of fused-ring (bicyclic) bond motifs is 2. The second kappa shape index (κ2) is 9.55. The Balaban J connectivity index is 1.20. The zero-order chi connectivity index (χ0) is 21.6. The highest BCUT2D eigenvalue weighted by atomic mass is 16.5. The minimum atomic E-state index is 0.0732. The molecule has 0 aliphatic carbocycles. The lowest BCUT2D eigenvalue weighted by Crippen LogP contribution is -2.40. The van der Waals surface area contributed by atoms with Gasteiger partial charge >= 0.3 is 0 Å². The molecule has 0 saturated heterocycles. The van der Waals surface area contributed by atoms with Crippen LogP contribution in [-0.4, -0.2) is 43.6 Å². The molecular formula is C24H29N5O2. The summed E-state index contributed by atoms with van der Waals surface area (Å²) in [7, 11) is 1.77. The lowest BCUT2D eigenvalue weighted by molar-refractivity contribution is -0.116. The summed E-state index contributed by atoms with van der Waals surface area (Å²) >= 11 is 0. The standard InChI is InChI=1S/C24H29N5O2/c1-16-3-6-20-18(15-28-22(20)13-16)9-10-26-24(25-2)27-11-12-31-19-5-7-21-17(14-19)4-8-23(30)29-21/h3,5-7,13-15,28H,4,8-12H2,1-2H3,(H,29,30)(H2,25,26,27). The number of benzene rings is 2. The van der Waals surface area contributed by atoms with E-state index in [4.69, 9.17) is 4.74 Å². The van der Waals surface area contributed by atoms with Crippen molar-refractivity contribution >= 4 is 28.5 Å². The Morgan fingerprint density at radius 3 is 2.87 bits per heavy atom. The number of hydrogen-bond acceptors (Lipinski definition) is 3. The fourth-order valence-corrected chi connectivity index (χ4v) is 3.83. The van der Waals surface area contributed by atoms with Crippen LogP contribution in [0.15, 0.2) is 47.6 Å². The van der Waals surface area contributed by atoms with E-state index in [9.17, 15) is 4.79 Å². The van der Waals surface area contributed by atoms with Crippen LogP contribution in [0.4, 0.5) is 5.69 Å². The number of nitrogens with one attached hydrogen (secondary N) is 4. The Bertz CT molecular complexity index is 1100. The van der Waals surface area contributed by atoms with Gasteiger partial charge in [-0.05, 0) is 60.7 Å². The Hall–Kier alpha value is -3.48. The molecule has 0 fully saturated rings. The Kier molecular flexibility index (Phi) is 6.40. The van der Waals surface area contributed by atoms with Crippen molar-refractivity contribution in [2.75, 3.05) is 32.1 Å². The number of nitrogens with zero attached hydrogens (tertiary/aromatic N) is 1. The maximum Gasteiger partial charge on any atom is 0.224 e. The van der Waals surface area contributed by atoms with Gasteiger partial charge in [0.1, 0.15) is 12.4 Å². The van der Waals surface area contributed by atoms with Crippen molar-refractivity contribution in [3.05, 3.63) is 59.3 Å². The zero-order valence-electron chi connectivity index (χ0n) is 18.0. The van der Waals surface area contributed by atoms with Crippen molar-refractivity contribution in [3.63, 3.8) is 0 Å². The van der Waals surface area contributed by atoms with Crippen LogP contribution in [0.2, 0.25) is 0 Å². The topological polar surface area (TPSA) is 90.5 Å². The van der Waals surface area contributed by atoms with Gasteiger partial charge in [-0.1, -0.05) is 12.1 Å². The molecule has 0 unspecified atom stereocenters. The molecule has 0 bridgehead atoms. The third-order valence-corrected chi connectivity index (χ3v) is 5.47. The van der Waals surface area contributed by atoms with Gasteiger partial charge in [-0.3, -0.25) is 9.79 Å². The normalized spacial score (nSPS) is 13.6. The number of anilines is 1. The molecule has 4 N–H and O–H groups in total. The molecule has 4 rings (SSSR count). The summed E-state index contributed by atoms with van der Waals surface area (Å²) in [5.74, 6) is 1.64. The quantitative estimate of drug-likeness (QED) is 0.269. The first-order valence-corrected chi connectivity index (χ1v) is 10.7. The number of carbonyl (C=O) groups excluding carboxylic acids is 1. The second-order valence-corrected chi connectivity index (χ2v) is 7.75. The SMILES string of the molecule is CN=C(NCCOc1ccc2c(c1)CCC(=O)N2)NCCc1c[nH]c2cc(C)ccc12. The molecule has 7 nitrogen and oxygen atoms in total. The molecule has 3 aromatic rings. The van der Waals surface area contributed by atoms with Crippen LogP contribution in [0.3, 0.4) is 0 Å². The van der Waals surface area contributed by atoms with Crippen molar-refractivity contribution in [1.29, 1.82) is 0 Å². The highest BCUT2D eigenvalue weighted by Gasteiger charge is 2.15. The number of carbonyl (C=O) groups is 1. The monoisotopic (exact) mass is 419 g/mol. The number of aromatic nitrogens is 1. The Morgan fingerprint density at radius 1 is 1.13 bits per heavy atom. The summed E-state index contributed by atoms with van der Waals surface area (Å²) in [6, 6.07) is 12.3. The van der Waals surface area contributed by atoms with Crippen LogP contribution >= 0.6 is 0 Å². The molecular weight excluding hydrogens is 390 g/mol. The number of guanidine groups is 1. The molecule has 1 amide bonds. The smallest absolute Gasteiger partial charge is 0.224 e. The maximum atomic E-state index is 11.5. The average molecular weight is 420 g/mol. The number of rotatable bonds is 7. The Labute approximate surface area is 182 Å². The summed E-state index contributed by atoms with van der Waals surface area (Å²) in [6.07, 6.45) is 4.27. The molecule has 0 radical (unpaired) electrons. The summed E-state index contributed by atoms with van der Waals surface area (Å²) < 4.78 is 5.85. The van der Waals surface area contributed by atoms with Crippen LogP contribution in [0.1, 0.15) is 23.1 Å². The first kappa shape index (κ1) is 20.8. The first-order valence-electron chi connectivity index (χ1n) is 10.7. The summed E-state index contributed by atoms with van der Waals surface area (Å²) in [6.45, 7) is 4.05. The van der Waals surface area contributed by atoms with Crippen LogP contribution in [0.5, 0.6) is 5.75 Å². The molecule has 0 atom stereocenters. The molecule has 31 heavy (non-hydrogen) atoms. The van der Waals surface area contributed by atoms with Gasteiger partial charge in [-0.15, -0.1) is 0 Å². The van der Waals surface area contributed by atoms with Gasteiger partial charge in [0.05, 0.1) is 6.54 Å². The van der Waals surface area contributed by atoms with E-state index in [2.05, 4.69) is 57.2 Å². The number of aliphatic imine (C=N–C) groups is 1. The number of ether oxygens (including phenoxy) is 1. The van der Waals surface area contributed by atoms with Crippen molar-refractivity contribution in [3.8, 4) is 5.75 Å². The van der Waals surface area contributed by atoms with E-state index in [-0.39, 0.29) is 5.91 Å². The minimum absolute atomic E-state index is 0.0732. The van der Waals surface area contributed by atoms with Crippen LogP contribution in [0.25, 0.3) is 10.9 Å². The predicted molar refractivity (Wildman–Crippen MR) is 125 cm³/mol. The predicted octanol–water partition coefficient (Wildman–Crippen LogP) is 3.15. The van der Waals surface area contributed by atoms with E-state index in [1.807, 2.05) is 18.2 Å². The lowest BCUT2D eigenvalue weighted by Gasteiger charge is -2.18. The van der Waals surface area contributed by atoms with E-state index in [0.29, 0.717) is 19.6 Å². The van der Waals surface area contributed by atoms with Gasteiger partial charge in [0, 0.05) is 42.8 Å². The van der Waals surface area contributed by atoms with Crippen molar-refractivity contribution in [1.82, 2.24) is 15.6 Å². The average Bonchev–Trinajstić information content (AvgIpc) is 3.17. The zero-order valence-corrected chi connectivity index (χ0v) is 18.0. The van der Waals surface area contributed by atoms with E-state index >= 15 is 0 Å². The number of H-pyrrole nitrogens is 1. The highest BCUT2D eigenvalue weighted by Crippen LogP contribution is 2.26. The number of hydrogen-bond donors (Lipinski definition) is 4. The molecule has 2 heterocycles.